The number of nitrogens with zero attached hydrogens (tertiary/aromatic N) is 2. The van der Waals surface area contributed by atoms with E-state index in [0.717, 1.165) is 32.4 Å². The standard InChI is InChI=1S/C13H23N3O/c1-4-7-14-12(11-9-15-16(3)10-11)13(2)6-5-8-17-13/h9-10,12,14H,4-8H2,1-3H3. The van der Waals surface area contributed by atoms with Gasteiger partial charge >= 0.3 is 0 Å². The van der Waals surface area contributed by atoms with E-state index in [1.165, 1.54) is 5.56 Å². The number of aromatic nitrogens is 2. The zero-order valence-electron chi connectivity index (χ0n) is 11.1. The highest BCUT2D eigenvalue weighted by atomic mass is 16.5. The van der Waals surface area contributed by atoms with Crippen LogP contribution in [0.1, 0.15) is 44.7 Å². The Labute approximate surface area is 103 Å². The van der Waals surface area contributed by atoms with Gasteiger partial charge in [0.25, 0.3) is 0 Å². The van der Waals surface area contributed by atoms with E-state index >= 15 is 0 Å². The minimum absolute atomic E-state index is 0.0851. The average Bonchev–Trinajstić information content (AvgIpc) is 2.89. The summed E-state index contributed by atoms with van der Waals surface area (Å²) in [6.07, 6.45) is 7.43. The van der Waals surface area contributed by atoms with E-state index in [0.29, 0.717) is 0 Å². The molecule has 1 aromatic rings. The summed E-state index contributed by atoms with van der Waals surface area (Å²) in [6.45, 7) is 6.28. The van der Waals surface area contributed by atoms with Crippen LogP contribution in [0.5, 0.6) is 0 Å². The molecule has 2 rings (SSSR count). The van der Waals surface area contributed by atoms with E-state index in [-0.39, 0.29) is 11.6 Å². The van der Waals surface area contributed by atoms with Crippen molar-refractivity contribution in [2.24, 2.45) is 7.05 Å². The summed E-state index contributed by atoms with van der Waals surface area (Å²) in [6, 6.07) is 0.249. The molecular weight excluding hydrogens is 214 g/mol. The minimum atomic E-state index is -0.0851. The monoisotopic (exact) mass is 237 g/mol. The molecular formula is C13H23N3O. The van der Waals surface area contributed by atoms with E-state index in [9.17, 15) is 0 Å². The molecule has 0 amide bonds. The van der Waals surface area contributed by atoms with Gasteiger partial charge in [0.1, 0.15) is 0 Å². The van der Waals surface area contributed by atoms with Crippen molar-refractivity contribution in [3.05, 3.63) is 18.0 Å². The summed E-state index contributed by atoms with van der Waals surface area (Å²) in [4.78, 5) is 0. The van der Waals surface area contributed by atoms with Gasteiger partial charge in [-0.2, -0.15) is 5.10 Å². The van der Waals surface area contributed by atoms with Gasteiger partial charge in [-0.05, 0) is 32.7 Å². The predicted molar refractivity (Wildman–Crippen MR) is 67.8 cm³/mol. The number of rotatable bonds is 5. The zero-order chi connectivity index (χ0) is 12.3. The Morgan fingerprint density at radius 1 is 1.65 bits per heavy atom. The van der Waals surface area contributed by atoms with E-state index in [1.807, 2.05) is 17.9 Å². The van der Waals surface area contributed by atoms with Gasteiger partial charge in [-0.1, -0.05) is 6.92 Å². The van der Waals surface area contributed by atoms with Gasteiger partial charge in [0, 0.05) is 25.4 Å². The smallest absolute Gasteiger partial charge is 0.0850 e. The first-order valence-corrected chi connectivity index (χ1v) is 6.51. The fourth-order valence-corrected chi connectivity index (χ4v) is 2.59. The highest BCUT2D eigenvalue weighted by molar-refractivity contribution is 5.16. The fourth-order valence-electron chi connectivity index (χ4n) is 2.59. The highest BCUT2D eigenvalue weighted by Gasteiger charge is 2.39. The average molecular weight is 237 g/mol. The molecule has 1 N–H and O–H groups in total. The number of hydrogen-bond donors (Lipinski definition) is 1. The van der Waals surface area contributed by atoms with Gasteiger partial charge in [-0.3, -0.25) is 4.68 Å². The first-order chi connectivity index (χ1) is 8.15. The number of aryl methyl sites for hydroxylation is 1. The van der Waals surface area contributed by atoms with E-state index in [2.05, 4.69) is 30.5 Å². The first-order valence-electron chi connectivity index (χ1n) is 6.51. The van der Waals surface area contributed by atoms with Gasteiger partial charge in [0.2, 0.25) is 0 Å². The molecule has 0 spiro atoms. The lowest BCUT2D eigenvalue weighted by Gasteiger charge is -2.33. The summed E-state index contributed by atoms with van der Waals surface area (Å²) in [5, 5.41) is 7.87. The molecule has 0 aromatic carbocycles. The van der Waals surface area contributed by atoms with Crippen molar-refractivity contribution >= 4 is 0 Å². The number of nitrogens with one attached hydrogen (secondary N) is 1. The molecule has 96 valence electrons. The molecule has 1 fully saturated rings. The molecule has 1 aromatic heterocycles. The van der Waals surface area contributed by atoms with E-state index < -0.39 is 0 Å². The van der Waals surface area contributed by atoms with Crippen LogP contribution in [0.2, 0.25) is 0 Å². The maximum Gasteiger partial charge on any atom is 0.0850 e. The Balaban J connectivity index is 2.18. The lowest BCUT2D eigenvalue weighted by molar-refractivity contribution is -0.0124. The highest BCUT2D eigenvalue weighted by Crippen LogP contribution is 2.37. The lowest BCUT2D eigenvalue weighted by atomic mass is 9.89. The van der Waals surface area contributed by atoms with Crippen molar-refractivity contribution in [1.82, 2.24) is 15.1 Å². The Bertz CT molecular complexity index is 355. The second-order valence-corrected chi connectivity index (χ2v) is 5.10. The van der Waals surface area contributed by atoms with Crippen molar-refractivity contribution in [1.29, 1.82) is 0 Å². The third kappa shape index (κ3) is 2.69. The van der Waals surface area contributed by atoms with Crippen LogP contribution in [0.4, 0.5) is 0 Å². The molecule has 1 aliphatic rings. The Morgan fingerprint density at radius 2 is 2.47 bits per heavy atom. The normalized spacial score (nSPS) is 26.3. The molecule has 2 heterocycles. The second-order valence-electron chi connectivity index (χ2n) is 5.10. The van der Waals surface area contributed by atoms with E-state index in [4.69, 9.17) is 4.74 Å². The summed E-state index contributed by atoms with van der Waals surface area (Å²) in [5.41, 5.74) is 1.14. The lowest BCUT2D eigenvalue weighted by Crippen LogP contribution is -2.41. The van der Waals surface area contributed by atoms with Gasteiger partial charge in [0.05, 0.1) is 17.8 Å². The molecule has 0 radical (unpaired) electrons. The minimum Gasteiger partial charge on any atom is -0.373 e. The van der Waals surface area contributed by atoms with Crippen molar-refractivity contribution in [2.75, 3.05) is 13.2 Å². The Hall–Kier alpha value is -0.870. The van der Waals surface area contributed by atoms with Crippen LogP contribution in [0.3, 0.4) is 0 Å². The molecule has 1 aliphatic heterocycles. The van der Waals surface area contributed by atoms with Crippen LogP contribution in [0, 0.1) is 0 Å². The molecule has 2 atom stereocenters. The molecule has 0 bridgehead atoms. The fraction of sp³-hybridized carbons (Fsp3) is 0.769. The quantitative estimate of drug-likeness (QED) is 0.851. The third-order valence-electron chi connectivity index (χ3n) is 3.52. The van der Waals surface area contributed by atoms with Crippen LogP contribution in [-0.4, -0.2) is 28.5 Å². The van der Waals surface area contributed by atoms with Crippen molar-refractivity contribution in [3.8, 4) is 0 Å². The third-order valence-corrected chi connectivity index (χ3v) is 3.52. The first kappa shape index (κ1) is 12.6. The van der Waals surface area contributed by atoms with Crippen molar-refractivity contribution < 1.29 is 4.74 Å². The van der Waals surface area contributed by atoms with Crippen LogP contribution in [0.15, 0.2) is 12.4 Å². The SMILES string of the molecule is CCCNC(c1cnn(C)c1)C1(C)CCCO1. The summed E-state index contributed by atoms with van der Waals surface area (Å²) in [7, 11) is 1.96. The van der Waals surface area contributed by atoms with Crippen LogP contribution in [0.25, 0.3) is 0 Å². The summed E-state index contributed by atoms with van der Waals surface area (Å²) >= 11 is 0. The zero-order valence-corrected chi connectivity index (χ0v) is 11.1. The van der Waals surface area contributed by atoms with E-state index in [1.54, 1.807) is 0 Å². The molecule has 4 nitrogen and oxygen atoms in total. The van der Waals surface area contributed by atoms with Gasteiger partial charge in [-0.25, -0.2) is 0 Å². The van der Waals surface area contributed by atoms with Crippen molar-refractivity contribution in [3.63, 3.8) is 0 Å². The number of ether oxygens (including phenoxy) is 1. The molecule has 17 heavy (non-hydrogen) atoms. The molecule has 0 saturated carbocycles. The van der Waals surface area contributed by atoms with Gasteiger partial charge in [0.15, 0.2) is 0 Å². The topological polar surface area (TPSA) is 39.1 Å². The van der Waals surface area contributed by atoms with Crippen molar-refractivity contribution in [2.45, 2.75) is 44.8 Å². The summed E-state index contributed by atoms with van der Waals surface area (Å²) in [5.74, 6) is 0. The number of hydrogen-bond acceptors (Lipinski definition) is 3. The van der Waals surface area contributed by atoms with Gasteiger partial charge < -0.3 is 10.1 Å². The molecule has 1 saturated heterocycles. The van der Waals surface area contributed by atoms with Gasteiger partial charge in [-0.15, -0.1) is 0 Å². The Morgan fingerprint density at radius 3 is 3.00 bits per heavy atom. The maximum absolute atomic E-state index is 5.96. The van der Waals surface area contributed by atoms with Crippen LogP contribution < -0.4 is 5.32 Å². The molecule has 4 heteroatoms. The van der Waals surface area contributed by atoms with Crippen LogP contribution >= 0.6 is 0 Å². The van der Waals surface area contributed by atoms with Crippen LogP contribution in [-0.2, 0) is 11.8 Å². The molecule has 0 aliphatic carbocycles. The summed E-state index contributed by atoms with van der Waals surface area (Å²) < 4.78 is 7.82. The largest absolute Gasteiger partial charge is 0.373 e. The molecule has 2 unspecified atom stereocenters. The second kappa shape index (κ2) is 5.19. The Kier molecular flexibility index (Phi) is 3.84. The maximum atomic E-state index is 5.96. The predicted octanol–water partition coefficient (Wildman–Crippen LogP) is 2.03.